The van der Waals surface area contributed by atoms with E-state index in [4.69, 9.17) is 4.74 Å². The summed E-state index contributed by atoms with van der Waals surface area (Å²) < 4.78 is 5.75. The molecule has 0 spiro atoms. The number of hydrogen-bond acceptors (Lipinski definition) is 3. The Morgan fingerprint density at radius 2 is 1.39 bits per heavy atom. The second-order valence-electron chi connectivity index (χ2n) is 6.18. The van der Waals surface area contributed by atoms with Crippen LogP contribution in [0.2, 0.25) is 0 Å². The van der Waals surface area contributed by atoms with Gasteiger partial charge in [0.05, 0.1) is 24.0 Å². The molecule has 0 unspecified atom stereocenters. The van der Waals surface area contributed by atoms with E-state index in [0.29, 0.717) is 0 Å². The molecule has 1 saturated carbocycles. The van der Waals surface area contributed by atoms with Crippen molar-refractivity contribution in [2.24, 2.45) is 11.8 Å². The average Bonchev–Trinajstić information content (AvgIpc) is 3.05. The maximum absolute atomic E-state index is 12.5. The first kappa shape index (κ1) is 11.0. The molecule has 98 valence electrons. The third kappa shape index (κ3) is 1.30. The standard InChI is InChI=1S/C14H19NO3/c16-13-11-9-6-7-10(18-9)12(11)14(17)15(13)8-4-2-1-3-5-8/h8-12H,1-7H2/t9-,10+,11+,12-. The third-order valence-electron chi connectivity index (χ3n) is 5.26. The molecular formula is C14H19NO3. The van der Waals surface area contributed by atoms with Crippen LogP contribution in [-0.2, 0) is 14.3 Å². The molecule has 0 aromatic carbocycles. The molecule has 0 aromatic rings. The molecule has 4 aliphatic rings. The fourth-order valence-electron chi connectivity index (χ4n) is 4.43. The fraction of sp³-hybridized carbons (Fsp3) is 0.857. The van der Waals surface area contributed by atoms with Crippen molar-refractivity contribution >= 4 is 11.8 Å². The molecule has 4 fully saturated rings. The maximum Gasteiger partial charge on any atom is 0.236 e. The number of fused-ring (bicyclic) bond motifs is 5. The highest BCUT2D eigenvalue weighted by molar-refractivity contribution is 6.06. The van der Waals surface area contributed by atoms with Crippen LogP contribution in [0, 0.1) is 11.8 Å². The highest BCUT2D eigenvalue weighted by Gasteiger charge is 2.63. The van der Waals surface area contributed by atoms with Crippen molar-refractivity contribution in [1.29, 1.82) is 0 Å². The fourth-order valence-corrected chi connectivity index (χ4v) is 4.43. The molecule has 4 heteroatoms. The van der Waals surface area contributed by atoms with Crippen molar-refractivity contribution in [2.75, 3.05) is 0 Å². The normalized spacial score (nSPS) is 43.9. The van der Waals surface area contributed by atoms with Crippen molar-refractivity contribution in [3.63, 3.8) is 0 Å². The van der Waals surface area contributed by atoms with Gasteiger partial charge < -0.3 is 4.74 Å². The van der Waals surface area contributed by atoms with Gasteiger partial charge in [0.2, 0.25) is 11.8 Å². The van der Waals surface area contributed by atoms with Crippen LogP contribution in [-0.4, -0.2) is 35.0 Å². The van der Waals surface area contributed by atoms with Crippen molar-refractivity contribution < 1.29 is 14.3 Å². The summed E-state index contributed by atoms with van der Waals surface area (Å²) in [5.74, 6) is -0.135. The van der Waals surface area contributed by atoms with Crippen molar-refractivity contribution in [3.8, 4) is 0 Å². The van der Waals surface area contributed by atoms with Crippen LogP contribution in [0.15, 0.2) is 0 Å². The summed E-state index contributed by atoms with van der Waals surface area (Å²) in [6.45, 7) is 0. The Hall–Kier alpha value is -0.900. The molecule has 1 aliphatic carbocycles. The number of rotatable bonds is 1. The van der Waals surface area contributed by atoms with Gasteiger partial charge in [0.15, 0.2) is 0 Å². The molecule has 0 aromatic heterocycles. The summed E-state index contributed by atoms with van der Waals surface area (Å²) in [4.78, 5) is 26.7. The second-order valence-corrected chi connectivity index (χ2v) is 6.18. The van der Waals surface area contributed by atoms with E-state index in [1.54, 1.807) is 4.90 Å². The molecule has 18 heavy (non-hydrogen) atoms. The number of ether oxygens (including phenoxy) is 1. The predicted octanol–water partition coefficient (Wildman–Crippen LogP) is 1.48. The van der Waals surface area contributed by atoms with E-state index in [0.717, 1.165) is 38.5 Å². The largest absolute Gasteiger partial charge is 0.373 e. The lowest BCUT2D eigenvalue weighted by atomic mass is 9.81. The average molecular weight is 249 g/mol. The zero-order valence-electron chi connectivity index (χ0n) is 10.5. The first-order chi connectivity index (χ1) is 8.77. The van der Waals surface area contributed by atoms with Crippen LogP contribution in [0.25, 0.3) is 0 Å². The molecule has 4 rings (SSSR count). The Morgan fingerprint density at radius 3 is 1.94 bits per heavy atom. The molecule has 3 heterocycles. The minimum Gasteiger partial charge on any atom is -0.373 e. The summed E-state index contributed by atoms with van der Waals surface area (Å²) in [6.07, 6.45) is 7.55. The quantitative estimate of drug-likeness (QED) is 0.661. The zero-order chi connectivity index (χ0) is 12.3. The van der Waals surface area contributed by atoms with Crippen molar-refractivity contribution in [3.05, 3.63) is 0 Å². The summed E-state index contributed by atoms with van der Waals surface area (Å²) >= 11 is 0. The first-order valence-electron chi connectivity index (χ1n) is 7.30. The number of nitrogens with zero attached hydrogens (tertiary/aromatic N) is 1. The molecular weight excluding hydrogens is 230 g/mol. The number of hydrogen-bond donors (Lipinski definition) is 0. The number of likely N-dealkylation sites (tertiary alicyclic amines) is 1. The zero-order valence-corrected chi connectivity index (χ0v) is 10.5. The Balaban J connectivity index is 1.62. The van der Waals surface area contributed by atoms with Crippen LogP contribution in [0.4, 0.5) is 0 Å². The van der Waals surface area contributed by atoms with Crippen LogP contribution >= 0.6 is 0 Å². The van der Waals surface area contributed by atoms with Crippen molar-refractivity contribution in [2.45, 2.75) is 63.2 Å². The van der Waals surface area contributed by atoms with Gasteiger partial charge in [-0.05, 0) is 25.7 Å². The van der Waals surface area contributed by atoms with E-state index in [9.17, 15) is 9.59 Å². The summed E-state index contributed by atoms with van der Waals surface area (Å²) in [5.41, 5.74) is 0. The third-order valence-corrected chi connectivity index (χ3v) is 5.26. The van der Waals surface area contributed by atoms with E-state index in [-0.39, 0.29) is 41.9 Å². The van der Waals surface area contributed by atoms with E-state index < -0.39 is 0 Å². The van der Waals surface area contributed by atoms with Gasteiger partial charge in [0.25, 0.3) is 0 Å². The van der Waals surface area contributed by atoms with Crippen LogP contribution in [0.5, 0.6) is 0 Å². The number of imide groups is 1. The monoisotopic (exact) mass is 249 g/mol. The molecule has 2 bridgehead atoms. The Kier molecular flexibility index (Phi) is 2.31. The molecule has 3 aliphatic heterocycles. The summed E-state index contributed by atoms with van der Waals surface area (Å²) in [5, 5.41) is 0. The Labute approximate surface area is 107 Å². The lowest BCUT2D eigenvalue weighted by Crippen LogP contribution is -2.43. The van der Waals surface area contributed by atoms with Gasteiger partial charge >= 0.3 is 0 Å². The maximum atomic E-state index is 12.5. The predicted molar refractivity (Wildman–Crippen MR) is 63.6 cm³/mol. The smallest absolute Gasteiger partial charge is 0.236 e. The number of carbonyl (C=O) groups is 2. The molecule has 3 saturated heterocycles. The van der Waals surface area contributed by atoms with Crippen LogP contribution in [0.3, 0.4) is 0 Å². The van der Waals surface area contributed by atoms with Crippen molar-refractivity contribution in [1.82, 2.24) is 4.90 Å². The Bertz CT molecular complexity index is 374. The van der Waals surface area contributed by atoms with Gasteiger partial charge in [-0.2, -0.15) is 0 Å². The highest BCUT2D eigenvalue weighted by Crippen LogP contribution is 2.49. The first-order valence-corrected chi connectivity index (χ1v) is 7.30. The molecule has 4 atom stereocenters. The lowest BCUT2D eigenvalue weighted by molar-refractivity contribution is -0.146. The van der Waals surface area contributed by atoms with Gasteiger partial charge in [-0.3, -0.25) is 14.5 Å². The molecule has 4 nitrogen and oxygen atoms in total. The number of amides is 2. The van der Waals surface area contributed by atoms with E-state index in [1.165, 1.54) is 6.42 Å². The van der Waals surface area contributed by atoms with E-state index in [2.05, 4.69) is 0 Å². The van der Waals surface area contributed by atoms with E-state index in [1.807, 2.05) is 0 Å². The molecule has 2 amide bonds. The lowest BCUT2D eigenvalue weighted by Gasteiger charge is -2.30. The van der Waals surface area contributed by atoms with Gasteiger partial charge in [-0.25, -0.2) is 0 Å². The van der Waals surface area contributed by atoms with Gasteiger partial charge in [-0.1, -0.05) is 19.3 Å². The highest BCUT2D eigenvalue weighted by atomic mass is 16.5. The van der Waals surface area contributed by atoms with Crippen LogP contribution < -0.4 is 0 Å². The van der Waals surface area contributed by atoms with Crippen LogP contribution in [0.1, 0.15) is 44.9 Å². The minimum absolute atomic E-state index is 0.0324. The summed E-state index contributed by atoms with van der Waals surface area (Å²) in [6, 6.07) is 0.184. The Morgan fingerprint density at radius 1 is 0.833 bits per heavy atom. The topological polar surface area (TPSA) is 46.6 Å². The van der Waals surface area contributed by atoms with Gasteiger partial charge in [0.1, 0.15) is 0 Å². The van der Waals surface area contributed by atoms with E-state index >= 15 is 0 Å². The SMILES string of the molecule is O=C1[C@@H]2[C@H](C(=O)N1C1CCCCC1)[C@@H]1CC[C@H]2O1. The molecule has 0 N–H and O–H groups in total. The van der Waals surface area contributed by atoms with Gasteiger partial charge in [0, 0.05) is 6.04 Å². The second kappa shape index (κ2) is 3.80. The number of carbonyl (C=O) groups excluding carboxylic acids is 2. The minimum atomic E-state index is -0.141. The molecule has 0 radical (unpaired) electrons. The summed E-state index contributed by atoms with van der Waals surface area (Å²) in [7, 11) is 0. The van der Waals surface area contributed by atoms with Gasteiger partial charge in [-0.15, -0.1) is 0 Å².